The zero-order chi connectivity index (χ0) is 21.7. The van der Waals surface area contributed by atoms with Crippen LogP contribution in [0.2, 0.25) is 0 Å². The standard InChI is InChI=1S/C21H29N3O6/c1-28-16-11-15(12-17(29-2)20(16)30-3)24-13-14(10-19(24)26)21(27)22-7-5-9-23-8-4-6-18(23)25/h11-12,14H,4-10,13H2,1-3H3,(H,22,27). The minimum Gasteiger partial charge on any atom is -0.493 e. The van der Waals surface area contributed by atoms with Crippen LogP contribution in [-0.4, -0.2) is 70.1 Å². The molecule has 1 aromatic rings. The summed E-state index contributed by atoms with van der Waals surface area (Å²) in [5, 5.41) is 2.89. The first kappa shape index (κ1) is 21.7. The summed E-state index contributed by atoms with van der Waals surface area (Å²) in [6.07, 6.45) is 2.38. The number of nitrogens with zero attached hydrogens (tertiary/aromatic N) is 2. The van der Waals surface area contributed by atoms with E-state index in [-0.39, 0.29) is 30.7 Å². The number of amides is 3. The summed E-state index contributed by atoms with van der Waals surface area (Å²) in [4.78, 5) is 40.1. The molecule has 2 aliphatic rings. The lowest BCUT2D eigenvalue weighted by molar-refractivity contribution is -0.127. The van der Waals surface area contributed by atoms with Gasteiger partial charge < -0.3 is 29.3 Å². The normalized spacial score (nSPS) is 18.7. The van der Waals surface area contributed by atoms with Crippen LogP contribution in [-0.2, 0) is 14.4 Å². The summed E-state index contributed by atoms with van der Waals surface area (Å²) in [7, 11) is 4.54. The Labute approximate surface area is 176 Å². The molecule has 2 heterocycles. The molecule has 3 amide bonds. The molecule has 0 radical (unpaired) electrons. The summed E-state index contributed by atoms with van der Waals surface area (Å²) >= 11 is 0. The van der Waals surface area contributed by atoms with Gasteiger partial charge in [0.15, 0.2) is 11.5 Å². The second kappa shape index (κ2) is 9.69. The van der Waals surface area contributed by atoms with Crippen LogP contribution in [0.5, 0.6) is 17.2 Å². The lowest BCUT2D eigenvalue weighted by Crippen LogP contribution is -2.35. The van der Waals surface area contributed by atoms with E-state index in [1.165, 1.54) is 21.3 Å². The first-order valence-corrected chi connectivity index (χ1v) is 10.1. The van der Waals surface area contributed by atoms with Crippen LogP contribution in [0.1, 0.15) is 25.7 Å². The van der Waals surface area contributed by atoms with E-state index < -0.39 is 5.92 Å². The molecule has 0 aliphatic carbocycles. The molecule has 1 N–H and O–H groups in total. The molecule has 3 rings (SSSR count). The smallest absolute Gasteiger partial charge is 0.227 e. The van der Waals surface area contributed by atoms with Gasteiger partial charge in [-0.2, -0.15) is 0 Å². The van der Waals surface area contributed by atoms with Crippen LogP contribution >= 0.6 is 0 Å². The van der Waals surface area contributed by atoms with Crippen molar-refractivity contribution in [1.29, 1.82) is 0 Å². The van der Waals surface area contributed by atoms with E-state index in [0.29, 0.717) is 48.9 Å². The third-order valence-corrected chi connectivity index (χ3v) is 5.53. The first-order valence-electron chi connectivity index (χ1n) is 10.1. The average Bonchev–Trinajstić information content (AvgIpc) is 3.35. The largest absolute Gasteiger partial charge is 0.493 e. The number of carbonyl (C=O) groups excluding carboxylic acids is 3. The third kappa shape index (κ3) is 4.60. The average molecular weight is 419 g/mol. The maximum atomic E-state index is 12.6. The Morgan fingerprint density at radius 2 is 1.80 bits per heavy atom. The SMILES string of the molecule is COc1cc(N2CC(C(=O)NCCCN3CCCC3=O)CC2=O)cc(OC)c1OC. The van der Waals surface area contributed by atoms with E-state index in [2.05, 4.69) is 5.32 Å². The molecular weight excluding hydrogens is 390 g/mol. The monoisotopic (exact) mass is 419 g/mol. The topological polar surface area (TPSA) is 97.4 Å². The highest BCUT2D eigenvalue weighted by Gasteiger charge is 2.36. The van der Waals surface area contributed by atoms with Crippen molar-refractivity contribution < 1.29 is 28.6 Å². The number of methoxy groups -OCH3 is 3. The summed E-state index contributed by atoms with van der Waals surface area (Å²) in [6.45, 7) is 2.22. The molecule has 1 unspecified atom stereocenters. The Hall–Kier alpha value is -2.97. The molecule has 164 valence electrons. The van der Waals surface area contributed by atoms with Crippen molar-refractivity contribution in [2.24, 2.45) is 5.92 Å². The van der Waals surface area contributed by atoms with E-state index in [9.17, 15) is 14.4 Å². The summed E-state index contributed by atoms with van der Waals surface area (Å²) in [5.41, 5.74) is 0.595. The molecule has 0 spiro atoms. The van der Waals surface area contributed by atoms with Gasteiger partial charge in [0, 0.05) is 51.2 Å². The zero-order valence-electron chi connectivity index (χ0n) is 17.7. The highest BCUT2D eigenvalue weighted by atomic mass is 16.5. The Balaban J connectivity index is 1.58. The third-order valence-electron chi connectivity index (χ3n) is 5.53. The van der Waals surface area contributed by atoms with Crippen molar-refractivity contribution in [3.8, 4) is 17.2 Å². The lowest BCUT2D eigenvalue weighted by Gasteiger charge is -2.20. The highest BCUT2D eigenvalue weighted by Crippen LogP contribution is 2.42. The van der Waals surface area contributed by atoms with Gasteiger partial charge in [-0.1, -0.05) is 0 Å². The number of carbonyl (C=O) groups is 3. The van der Waals surface area contributed by atoms with Crippen LogP contribution in [0, 0.1) is 5.92 Å². The van der Waals surface area contributed by atoms with Crippen LogP contribution < -0.4 is 24.4 Å². The van der Waals surface area contributed by atoms with E-state index >= 15 is 0 Å². The van der Waals surface area contributed by atoms with Crippen LogP contribution in [0.3, 0.4) is 0 Å². The number of hydrogen-bond acceptors (Lipinski definition) is 6. The summed E-state index contributed by atoms with van der Waals surface area (Å²) < 4.78 is 16.0. The molecule has 2 fully saturated rings. The molecule has 9 nitrogen and oxygen atoms in total. The second-order valence-corrected chi connectivity index (χ2v) is 7.42. The van der Waals surface area contributed by atoms with Gasteiger partial charge >= 0.3 is 0 Å². The van der Waals surface area contributed by atoms with Gasteiger partial charge in [-0.25, -0.2) is 0 Å². The van der Waals surface area contributed by atoms with Gasteiger partial charge in [0.2, 0.25) is 23.5 Å². The zero-order valence-corrected chi connectivity index (χ0v) is 17.7. The van der Waals surface area contributed by atoms with Gasteiger partial charge in [0.05, 0.1) is 32.9 Å². The van der Waals surface area contributed by atoms with Crippen LogP contribution in [0.4, 0.5) is 5.69 Å². The summed E-state index contributed by atoms with van der Waals surface area (Å²) in [5.74, 6) is 0.820. The van der Waals surface area contributed by atoms with Crippen molar-refractivity contribution in [1.82, 2.24) is 10.2 Å². The molecule has 1 aromatic carbocycles. The fraction of sp³-hybridized carbons (Fsp3) is 0.571. The van der Waals surface area contributed by atoms with Crippen LogP contribution in [0.25, 0.3) is 0 Å². The molecular formula is C21H29N3O6. The van der Waals surface area contributed by atoms with E-state index in [0.717, 1.165) is 13.0 Å². The number of hydrogen-bond donors (Lipinski definition) is 1. The van der Waals surface area contributed by atoms with Crippen molar-refractivity contribution in [3.63, 3.8) is 0 Å². The van der Waals surface area contributed by atoms with E-state index in [1.54, 1.807) is 17.0 Å². The van der Waals surface area contributed by atoms with Crippen molar-refractivity contribution >= 4 is 23.4 Å². The molecule has 0 aromatic heterocycles. The van der Waals surface area contributed by atoms with Crippen molar-refractivity contribution in [2.45, 2.75) is 25.7 Å². The molecule has 2 aliphatic heterocycles. The predicted molar refractivity (Wildman–Crippen MR) is 110 cm³/mol. The molecule has 30 heavy (non-hydrogen) atoms. The number of likely N-dealkylation sites (tertiary alicyclic amines) is 1. The van der Waals surface area contributed by atoms with Crippen molar-refractivity contribution in [2.75, 3.05) is 52.4 Å². The Morgan fingerprint density at radius 3 is 2.37 bits per heavy atom. The number of nitrogens with one attached hydrogen (secondary N) is 1. The first-order chi connectivity index (χ1) is 14.5. The minimum absolute atomic E-state index is 0.132. The number of ether oxygens (including phenoxy) is 3. The number of rotatable bonds is 9. The van der Waals surface area contributed by atoms with Gasteiger partial charge in [0.1, 0.15) is 0 Å². The number of benzene rings is 1. The van der Waals surface area contributed by atoms with Crippen LogP contribution in [0.15, 0.2) is 12.1 Å². The lowest BCUT2D eigenvalue weighted by atomic mass is 10.1. The minimum atomic E-state index is -0.426. The quantitative estimate of drug-likeness (QED) is 0.604. The fourth-order valence-electron chi connectivity index (χ4n) is 3.92. The van der Waals surface area contributed by atoms with E-state index in [1.807, 2.05) is 4.90 Å². The number of anilines is 1. The van der Waals surface area contributed by atoms with Crippen molar-refractivity contribution in [3.05, 3.63) is 12.1 Å². The maximum Gasteiger partial charge on any atom is 0.227 e. The Kier molecular flexibility index (Phi) is 7.02. The van der Waals surface area contributed by atoms with Gasteiger partial charge in [-0.05, 0) is 12.8 Å². The van der Waals surface area contributed by atoms with E-state index in [4.69, 9.17) is 14.2 Å². The Bertz CT molecular complexity index is 787. The molecule has 0 saturated carbocycles. The Morgan fingerprint density at radius 1 is 1.10 bits per heavy atom. The molecule has 2 saturated heterocycles. The van der Waals surface area contributed by atoms with Gasteiger partial charge in [0.25, 0.3) is 0 Å². The van der Waals surface area contributed by atoms with Gasteiger partial charge in [-0.3, -0.25) is 14.4 Å². The molecule has 0 bridgehead atoms. The van der Waals surface area contributed by atoms with Gasteiger partial charge in [-0.15, -0.1) is 0 Å². The maximum absolute atomic E-state index is 12.6. The fourth-order valence-corrected chi connectivity index (χ4v) is 3.92. The highest BCUT2D eigenvalue weighted by molar-refractivity contribution is 6.00. The second-order valence-electron chi connectivity index (χ2n) is 7.42. The summed E-state index contributed by atoms with van der Waals surface area (Å²) in [6, 6.07) is 3.40. The molecule has 9 heteroatoms. The predicted octanol–water partition coefficient (Wildman–Crippen LogP) is 1.19. The molecule has 1 atom stereocenters.